The lowest BCUT2D eigenvalue weighted by molar-refractivity contribution is 0.474. The molecular formula is C10H12N6O. The third-order valence-corrected chi connectivity index (χ3v) is 2.17. The van der Waals surface area contributed by atoms with Crippen molar-refractivity contribution in [2.75, 3.05) is 11.3 Å². The Hall–Kier alpha value is -2.57. The highest BCUT2D eigenvalue weighted by molar-refractivity contribution is 5.83. The van der Waals surface area contributed by atoms with Gasteiger partial charge >= 0.3 is 0 Å². The van der Waals surface area contributed by atoms with Crippen molar-refractivity contribution in [2.24, 2.45) is 5.10 Å². The summed E-state index contributed by atoms with van der Waals surface area (Å²) in [5.74, 6) is 6.68. The summed E-state index contributed by atoms with van der Waals surface area (Å²) in [6.07, 6.45) is 1.47. The number of hydrogen-bond donors (Lipinski definition) is 3. The average Bonchev–Trinajstić information content (AvgIpc) is 2.63. The van der Waals surface area contributed by atoms with E-state index in [-0.39, 0.29) is 5.75 Å². The van der Waals surface area contributed by atoms with Crippen LogP contribution in [-0.4, -0.2) is 26.2 Å². The van der Waals surface area contributed by atoms with Gasteiger partial charge in [-0.25, -0.2) is 10.1 Å². The van der Waals surface area contributed by atoms with E-state index in [0.29, 0.717) is 17.3 Å². The first-order valence-electron chi connectivity index (χ1n) is 4.92. The summed E-state index contributed by atoms with van der Waals surface area (Å²) in [4.78, 5) is 0. The molecule has 2 rings (SSSR count). The van der Waals surface area contributed by atoms with Gasteiger partial charge < -0.3 is 10.9 Å². The number of nitrogens with zero attached hydrogens (tertiary/aromatic N) is 4. The molecule has 0 bridgehead atoms. The Morgan fingerprint density at radius 1 is 1.41 bits per heavy atom. The Bertz CT molecular complexity index is 547. The number of nitrogens with one attached hydrogen (secondary N) is 1. The molecule has 0 unspecified atom stereocenters. The number of phenolic OH excluding ortho intramolecular Hbond substituents is 1. The zero-order valence-corrected chi connectivity index (χ0v) is 9.20. The number of hydrogen-bond acceptors (Lipinski definition) is 6. The number of rotatable bonds is 3. The highest BCUT2D eigenvalue weighted by Crippen LogP contribution is 2.12. The second-order valence-electron chi connectivity index (χ2n) is 3.37. The molecule has 0 saturated heterocycles. The van der Waals surface area contributed by atoms with Crippen LogP contribution >= 0.6 is 0 Å². The first kappa shape index (κ1) is 10.9. The molecule has 0 atom stereocenters. The second-order valence-corrected chi connectivity index (χ2v) is 3.37. The predicted octanol–water partition coefficient (Wildman–Crippen LogP) is 0.452. The number of anilines is 1. The molecule has 1 aromatic heterocycles. The van der Waals surface area contributed by atoms with Gasteiger partial charge in [0.15, 0.2) is 5.82 Å². The predicted molar refractivity (Wildman–Crippen MR) is 64.2 cm³/mol. The number of phenols is 1. The molecule has 2 aromatic rings. The summed E-state index contributed by atoms with van der Waals surface area (Å²) in [5.41, 5.74) is 3.23. The molecule has 17 heavy (non-hydrogen) atoms. The minimum atomic E-state index is 0.156. The van der Waals surface area contributed by atoms with Crippen molar-refractivity contribution < 1.29 is 5.11 Å². The standard InChI is InChI=1S/C10H12N6O/c1-7-13-15-10(16(7)11)14-12-6-8-4-2-3-5-9(8)17/h2-6,17H,11H2,1H3,(H,14,15)/b12-6+. The Balaban J connectivity index is 2.08. The van der Waals surface area contributed by atoms with Gasteiger partial charge in [-0.3, -0.25) is 0 Å². The van der Waals surface area contributed by atoms with Gasteiger partial charge in [0.25, 0.3) is 5.95 Å². The lowest BCUT2D eigenvalue weighted by atomic mass is 10.2. The van der Waals surface area contributed by atoms with Gasteiger partial charge in [0.05, 0.1) is 6.21 Å². The molecule has 0 amide bonds. The van der Waals surface area contributed by atoms with E-state index in [1.54, 1.807) is 31.2 Å². The topological polar surface area (TPSA) is 101 Å². The molecule has 0 aliphatic rings. The van der Waals surface area contributed by atoms with Crippen molar-refractivity contribution in [1.82, 2.24) is 14.9 Å². The van der Waals surface area contributed by atoms with Crippen LogP contribution in [0.4, 0.5) is 5.95 Å². The van der Waals surface area contributed by atoms with Crippen LogP contribution < -0.4 is 11.3 Å². The molecule has 0 saturated carbocycles. The van der Waals surface area contributed by atoms with Gasteiger partial charge in [-0.15, -0.1) is 10.2 Å². The molecule has 1 aromatic carbocycles. The van der Waals surface area contributed by atoms with Crippen LogP contribution in [0.15, 0.2) is 29.4 Å². The van der Waals surface area contributed by atoms with Crippen LogP contribution in [0, 0.1) is 6.92 Å². The fourth-order valence-electron chi connectivity index (χ4n) is 1.20. The van der Waals surface area contributed by atoms with Gasteiger partial charge in [0.1, 0.15) is 5.75 Å². The summed E-state index contributed by atoms with van der Waals surface area (Å²) in [7, 11) is 0. The molecular weight excluding hydrogens is 220 g/mol. The fraction of sp³-hybridized carbons (Fsp3) is 0.100. The third kappa shape index (κ3) is 2.33. The number of aromatic nitrogens is 3. The summed E-state index contributed by atoms with van der Waals surface area (Å²) in [6, 6.07) is 6.85. The largest absolute Gasteiger partial charge is 0.507 e. The zero-order valence-electron chi connectivity index (χ0n) is 9.20. The monoisotopic (exact) mass is 232 g/mol. The van der Waals surface area contributed by atoms with E-state index in [2.05, 4.69) is 20.7 Å². The summed E-state index contributed by atoms with van der Waals surface area (Å²) in [5, 5.41) is 20.9. The molecule has 7 heteroatoms. The number of benzene rings is 1. The van der Waals surface area contributed by atoms with E-state index in [4.69, 9.17) is 5.84 Å². The molecule has 1 heterocycles. The van der Waals surface area contributed by atoms with Crippen molar-refractivity contribution in [3.63, 3.8) is 0 Å². The van der Waals surface area contributed by atoms with Gasteiger partial charge in [-0.1, -0.05) is 12.1 Å². The van der Waals surface area contributed by atoms with Gasteiger partial charge in [-0.2, -0.15) is 5.10 Å². The Labute approximate surface area is 97.6 Å². The molecule has 0 fully saturated rings. The van der Waals surface area contributed by atoms with Crippen LogP contribution in [0.25, 0.3) is 0 Å². The molecule has 0 aliphatic heterocycles. The van der Waals surface area contributed by atoms with Crippen LogP contribution in [0.5, 0.6) is 5.75 Å². The lowest BCUT2D eigenvalue weighted by Gasteiger charge is -2.00. The first-order valence-corrected chi connectivity index (χ1v) is 4.92. The smallest absolute Gasteiger partial charge is 0.263 e. The average molecular weight is 232 g/mol. The van der Waals surface area contributed by atoms with E-state index in [0.717, 1.165) is 0 Å². The fourth-order valence-corrected chi connectivity index (χ4v) is 1.20. The number of aryl methyl sites for hydroxylation is 1. The maximum atomic E-state index is 9.49. The molecule has 4 N–H and O–H groups in total. The first-order chi connectivity index (χ1) is 8.18. The van der Waals surface area contributed by atoms with Crippen LogP contribution in [-0.2, 0) is 0 Å². The highest BCUT2D eigenvalue weighted by atomic mass is 16.3. The van der Waals surface area contributed by atoms with E-state index in [1.807, 2.05) is 0 Å². The Kier molecular flexibility index (Phi) is 2.91. The molecule has 0 spiro atoms. The van der Waals surface area contributed by atoms with E-state index < -0.39 is 0 Å². The SMILES string of the molecule is Cc1nnc(N/N=C/c2ccccc2O)n1N. The molecule has 0 radical (unpaired) electrons. The van der Waals surface area contributed by atoms with E-state index in [1.165, 1.54) is 10.9 Å². The maximum Gasteiger partial charge on any atom is 0.263 e. The van der Waals surface area contributed by atoms with Gasteiger partial charge in [-0.05, 0) is 19.1 Å². The number of nitrogen functional groups attached to an aromatic ring is 1. The van der Waals surface area contributed by atoms with E-state index in [9.17, 15) is 5.11 Å². The lowest BCUT2D eigenvalue weighted by Crippen LogP contribution is -2.13. The quantitative estimate of drug-likeness (QED) is 0.405. The third-order valence-electron chi connectivity index (χ3n) is 2.17. The second kappa shape index (κ2) is 4.52. The van der Waals surface area contributed by atoms with Gasteiger partial charge in [0.2, 0.25) is 0 Å². The number of hydrazone groups is 1. The van der Waals surface area contributed by atoms with Crippen molar-refractivity contribution in [2.45, 2.75) is 6.92 Å². The molecule has 88 valence electrons. The minimum absolute atomic E-state index is 0.156. The molecule has 0 aliphatic carbocycles. The number of aromatic hydroxyl groups is 1. The summed E-state index contributed by atoms with van der Waals surface area (Å²) < 4.78 is 1.28. The zero-order chi connectivity index (χ0) is 12.3. The van der Waals surface area contributed by atoms with Crippen LogP contribution in [0.2, 0.25) is 0 Å². The highest BCUT2D eigenvalue weighted by Gasteiger charge is 2.03. The van der Waals surface area contributed by atoms with Crippen molar-refractivity contribution in [1.29, 1.82) is 0 Å². The van der Waals surface area contributed by atoms with E-state index >= 15 is 0 Å². The van der Waals surface area contributed by atoms with Crippen molar-refractivity contribution >= 4 is 12.2 Å². The Morgan fingerprint density at radius 3 is 2.82 bits per heavy atom. The minimum Gasteiger partial charge on any atom is -0.507 e. The van der Waals surface area contributed by atoms with Crippen LogP contribution in [0.3, 0.4) is 0 Å². The summed E-state index contributed by atoms with van der Waals surface area (Å²) in [6.45, 7) is 1.73. The van der Waals surface area contributed by atoms with Crippen molar-refractivity contribution in [3.05, 3.63) is 35.7 Å². The number of para-hydroxylation sites is 1. The van der Waals surface area contributed by atoms with Gasteiger partial charge in [0, 0.05) is 5.56 Å². The Morgan fingerprint density at radius 2 is 2.18 bits per heavy atom. The van der Waals surface area contributed by atoms with Crippen LogP contribution in [0.1, 0.15) is 11.4 Å². The maximum absolute atomic E-state index is 9.49. The van der Waals surface area contributed by atoms with Crippen molar-refractivity contribution in [3.8, 4) is 5.75 Å². The normalized spacial score (nSPS) is 10.9. The molecule has 7 nitrogen and oxygen atoms in total. The number of nitrogens with two attached hydrogens (primary N) is 1. The summed E-state index contributed by atoms with van der Waals surface area (Å²) >= 11 is 0.